The first-order chi connectivity index (χ1) is 7.55. The third-order valence-electron chi connectivity index (χ3n) is 3.17. The van der Waals surface area contributed by atoms with Crippen molar-refractivity contribution in [1.29, 1.82) is 0 Å². The minimum absolute atomic E-state index is 0. The van der Waals surface area contributed by atoms with Crippen LogP contribution in [0.3, 0.4) is 0 Å². The summed E-state index contributed by atoms with van der Waals surface area (Å²) in [6, 6.07) is 0. The minimum Gasteiger partial charge on any atom is -0.810 e. The first-order valence-corrected chi connectivity index (χ1v) is 8.59. The van der Waals surface area contributed by atoms with Crippen LogP contribution in [-0.4, -0.2) is 10.9 Å². The summed E-state index contributed by atoms with van der Waals surface area (Å²) in [4.78, 5) is 43.4. The van der Waals surface area contributed by atoms with E-state index in [-0.39, 0.29) is 118 Å². The Hall–Kier alpha value is 4.26. The molecular weight excluding hydrogens is 360 g/mol. The van der Waals surface area contributed by atoms with Gasteiger partial charge in [0.1, 0.15) is 0 Å². The molecule has 0 aromatic carbocycles. The summed E-state index contributed by atoms with van der Waals surface area (Å²) in [7, 11) is -10.9. The smallest absolute Gasteiger partial charge is 0.810 e. The molecular formula is C8H15NNa4O6P2. The maximum atomic E-state index is 10.8. The van der Waals surface area contributed by atoms with Gasteiger partial charge in [-0.1, -0.05) is 34.5 Å². The molecule has 0 bridgehead atoms. The van der Waals surface area contributed by atoms with Crippen LogP contribution in [-0.2, 0) is 9.13 Å². The summed E-state index contributed by atoms with van der Waals surface area (Å²) < 4.78 is 21.7. The Bertz CT molecular complexity index is 348. The summed E-state index contributed by atoms with van der Waals surface area (Å²) >= 11 is 0. The monoisotopic (exact) mass is 375 g/mol. The Morgan fingerprint density at radius 2 is 1.19 bits per heavy atom. The second kappa shape index (κ2) is 13.4. The molecule has 21 heavy (non-hydrogen) atoms. The molecule has 1 aliphatic carbocycles. The predicted molar refractivity (Wildman–Crippen MR) is 53.6 cm³/mol. The van der Waals surface area contributed by atoms with Crippen molar-refractivity contribution in [3.05, 3.63) is 0 Å². The van der Waals surface area contributed by atoms with Gasteiger partial charge in [-0.2, -0.15) is 0 Å². The zero-order chi connectivity index (χ0) is 13.3. The second-order valence-corrected chi connectivity index (χ2v) is 8.50. The van der Waals surface area contributed by atoms with Crippen LogP contribution in [0.25, 0.3) is 0 Å². The van der Waals surface area contributed by atoms with Gasteiger partial charge in [-0.15, -0.1) is 0 Å². The topological polar surface area (TPSA) is 152 Å². The molecule has 0 aromatic heterocycles. The molecule has 0 heterocycles. The third kappa shape index (κ3) is 12.3. The molecule has 1 saturated carbocycles. The van der Waals surface area contributed by atoms with E-state index >= 15 is 0 Å². The zero-order valence-electron chi connectivity index (χ0n) is 13.2. The number of hydrogen-bond acceptors (Lipinski definition) is 7. The summed E-state index contributed by atoms with van der Waals surface area (Å²) in [5, 5.41) is -2.42. The molecule has 1 aliphatic rings. The molecule has 7 nitrogen and oxygen atoms in total. The van der Waals surface area contributed by atoms with Gasteiger partial charge in [0.15, 0.2) is 0 Å². The van der Waals surface area contributed by atoms with Gasteiger partial charge in [-0.3, -0.25) is 0 Å². The van der Waals surface area contributed by atoms with Crippen molar-refractivity contribution in [3.8, 4) is 0 Å². The van der Waals surface area contributed by atoms with Gasteiger partial charge in [0.25, 0.3) is 0 Å². The van der Waals surface area contributed by atoms with Crippen molar-refractivity contribution >= 4 is 15.2 Å². The standard InChI is InChI=1S/C8H19NO6P2.4Na/c9-8(4-2-1-3-5-8)6-7(16(10,11)12)17(13,14)15;;;;/h7H,1-6,9H2,(H2,10,11,12)(H2,13,14,15);;;;/q;4*+1/p-4. The number of nitrogens with two attached hydrogens (primary N) is 1. The van der Waals surface area contributed by atoms with Gasteiger partial charge in [-0.25, -0.2) is 0 Å². The van der Waals surface area contributed by atoms with Crippen molar-refractivity contribution in [2.24, 2.45) is 5.73 Å². The molecule has 0 spiro atoms. The summed E-state index contributed by atoms with van der Waals surface area (Å²) in [5.41, 5.74) is 4.83. The molecule has 1 fully saturated rings. The van der Waals surface area contributed by atoms with E-state index in [1.54, 1.807) is 0 Å². The Labute approximate surface area is 213 Å². The number of hydrogen-bond donors (Lipinski definition) is 1. The van der Waals surface area contributed by atoms with Crippen molar-refractivity contribution in [2.75, 3.05) is 0 Å². The fourth-order valence-corrected chi connectivity index (χ4v) is 4.78. The molecule has 13 heteroatoms. The summed E-state index contributed by atoms with van der Waals surface area (Å²) in [6.07, 6.45) is 2.71. The quantitative estimate of drug-likeness (QED) is 0.378. The molecule has 0 amide bonds. The van der Waals surface area contributed by atoms with Crippen LogP contribution in [0.5, 0.6) is 0 Å². The molecule has 102 valence electrons. The van der Waals surface area contributed by atoms with E-state index in [2.05, 4.69) is 0 Å². The van der Waals surface area contributed by atoms with E-state index in [9.17, 15) is 28.7 Å². The Balaban J connectivity index is -0.000000361. The zero-order valence-corrected chi connectivity index (χ0v) is 23.0. The Kier molecular flexibility index (Phi) is 21.0. The van der Waals surface area contributed by atoms with Gasteiger partial charge in [0.05, 0.1) is 0 Å². The SMILES string of the molecule is NC1(CC(P(=O)([O-])[O-])P(=O)([O-])[O-])CCCCC1.[Na+].[Na+].[Na+].[Na+]. The summed E-state index contributed by atoms with van der Waals surface area (Å²) in [6.45, 7) is 0. The van der Waals surface area contributed by atoms with Crippen LogP contribution in [0.4, 0.5) is 0 Å². The molecule has 0 aromatic rings. The number of rotatable bonds is 4. The largest absolute Gasteiger partial charge is 1.00 e. The third-order valence-corrected chi connectivity index (χ3v) is 6.69. The van der Waals surface area contributed by atoms with Crippen molar-refractivity contribution in [3.63, 3.8) is 0 Å². The maximum absolute atomic E-state index is 10.8. The molecule has 0 aliphatic heterocycles. The average molecular weight is 375 g/mol. The molecule has 0 unspecified atom stereocenters. The van der Waals surface area contributed by atoms with E-state index < -0.39 is 32.6 Å². The van der Waals surface area contributed by atoms with Gasteiger partial charge >= 0.3 is 118 Å². The fraction of sp³-hybridized carbons (Fsp3) is 1.00. The normalized spacial score (nSPS) is 17.6. The molecule has 2 N–H and O–H groups in total. The predicted octanol–water partition coefficient (Wildman–Crippen LogP) is -13.8. The van der Waals surface area contributed by atoms with Crippen molar-refractivity contribution < 1.29 is 147 Å². The molecule has 0 saturated heterocycles. The van der Waals surface area contributed by atoms with E-state index in [1.807, 2.05) is 0 Å². The van der Waals surface area contributed by atoms with Crippen molar-refractivity contribution in [1.82, 2.24) is 0 Å². The van der Waals surface area contributed by atoms with Crippen molar-refractivity contribution in [2.45, 2.75) is 49.5 Å². The average Bonchev–Trinajstić information content (AvgIpc) is 2.12. The van der Waals surface area contributed by atoms with Crippen LogP contribution < -0.4 is 144 Å². The van der Waals surface area contributed by atoms with Crippen LogP contribution in [0, 0.1) is 0 Å². The van der Waals surface area contributed by atoms with Crippen LogP contribution >= 0.6 is 15.2 Å². The van der Waals surface area contributed by atoms with E-state index in [4.69, 9.17) is 5.73 Å². The minimum atomic E-state index is -5.47. The van der Waals surface area contributed by atoms with Gasteiger partial charge in [0.2, 0.25) is 0 Å². The van der Waals surface area contributed by atoms with Gasteiger partial charge in [-0.05, 0) is 19.3 Å². The Morgan fingerprint density at radius 3 is 1.48 bits per heavy atom. The Morgan fingerprint density at radius 1 is 0.857 bits per heavy atom. The molecule has 0 atom stereocenters. The van der Waals surface area contributed by atoms with Crippen LogP contribution in [0.15, 0.2) is 0 Å². The fourth-order valence-electron chi connectivity index (χ4n) is 2.22. The van der Waals surface area contributed by atoms with E-state index in [0.29, 0.717) is 12.8 Å². The first kappa shape index (κ1) is 32.9. The molecule has 0 radical (unpaired) electrons. The van der Waals surface area contributed by atoms with Gasteiger partial charge < -0.3 is 34.4 Å². The first-order valence-electron chi connectivity index (χ1n) is 5.37. The van der Waals surface area contributed by atoms with Crippen LogP contribution in [0.1, 0.15) is 38.5 Å². The van der Waals surface area contributed by atoms with E-state index in [1.165, 1.54) is 0 Å². The van der Waals surface area contributed by atoms with Crippen LogP contribution in [0.2, 0.25) is 0 Å². The second-order valence-electron chi connectivity index (χ2n) is 4.69. The maximum Gasteiger partial charge on any atom is 1.00 e. The van der Waals surface area contributed by atoms with Gasteiger partial charge in [0, 0.05) is 10.9 Å². The summed E-state index contributed by atoms with van der Waals surface area (Å²) in [5.74, 6) is 0. The molecule has 1 rings (SSSR count). The van der Waals surface area contributed by atoms with E-state index in [0.717, 1.165) is 19.3 Å².